The van der Waals surface area contributed by atoms with E-state index in [-0.39, 0.29) is 25.5 Å². The van der Waals surface area contributed by atoms with E-state index >= 15 is 0 Å². The molecule has 3 rings (SSSR count). The van der Waals surface area contributed by atoms with Crippen molar-refractivity contribution in [3.8, 4) is 11.4 Å². The van der Waals surface area contributed by atoms with Crippen LogP contribution in [0, 0.1) is 6.92 Å². The molecule has 13 heteroatoms. The van der Waals surface area contributed by atoms with Crippen LogP contribution in [0.25, 0.3) is 11.4 Å². The van der Waals surface area contributed by atoms with Gasteiger partial charge in [0.2, 0.25) is 11.7 Å². The topological polar surface area (TPSA) is 165 Å². The summed E-state index contributed by atoms with van der Waals surface area (Å²) in [4.78, 5) is 40.4. The summed E-state index contributed by atoms with van der Waals surface area (Å²) in [5.74, 6) is -1.13. The van der Waals surface area contributed by atoms with E-state index in [1.54, 1.807) is 16.7 Å². The third kappa shape index (κ3) is 8.96. The molecule has 13 nitrogen and oxygen atoms in total. The van der Waals surface area contributed by atoms with E-state index in [9.17, 15) is 14.4 Å². The number of aromatic nitrogens is 4. The van der Waals surface area contributed by atoms with Crippen molar-refractivity contribution in [2.24, 2.45) is 0 Å². The van der Waals surface area contributed by atoms with Crippen LogP contribution in [0.3, 0.4) is 0 Å². The van der Waals surface area contributed by atoms with Gasteiger partial charge in [-0.3, -0.25) is 29.1 Å². The van der Waals surface area contributed by atoms with Gasteiger partial charge in [-0.1, -0.05) is 24.3 Å². The maximum atomic E-state index is 12.6. The van der Waals surface area contributed by atoms with Gasteiger partial charge in [-0.2, -0.15) is 0 Å². The highest BCUT2D eigenvalue weighted by Gasteiger charge is 2.20. The third-order valence-electron chi connectivity index (χ3n) is 5.56. The Morgan fingerprint density at radius 3 is 1.69 bits per heavy atom. The van der Waals surface area contributed by atoms with Gasteiger partial charge in [0, 0.05) is 51.4 Å². The van der Waals surface area contributed by atoms with Crippen molar-refractivity contribution >= 4 is 17.8 Å². The number of carbonyl (C=O) groups is 3. The summed E-state index contributed by atoms with van der Waals surface area (Å²) in [6.45, 7) is 4.81. The highest BCUT2D eigenvalue weighted by atomic mass is 16.4. The molecule has 0 saturated carbocycles. The lowest BCUT2D eigenvalue weighted by Crippen LogP contribution is -2.43. The highest BCUT2D eigenvalue weighted by molar-refractivity contribution is 5.78. The van der Waals surface area contributed by atoms with Gasteiger partial charge >= 0.3 is 11.9 Å². The predicted molar refractivity (Wildman–Crippen MR) is 124 cm³/mol. The number of amides is 1. The normalized spacial score (nSPS) is 16.1. The Morgan fingerprint density at radius 1 is 0.771 bits per heavy atom. The molecule has 3 N–H and O–H groups in total. The van der Waals surface area contributed by atoms with E-state index in [1.165, 1.54) is 0 Å². The maximum absolute atomic E-state index is 12.6. The lowest BCUT2D eigenvalue weighted by Gasteiger charge is -2.24. The predicted octanol–water partition coefficient (Wildman–Crippen LogP) is -1.05. The maximum Gasteiger partial charge on any atom is 0.317 e. The van der Waals surface area contributed by atoms with Crippen molar-refractivity contribution in [3.63, 3.8) is 0 Å². The number of benzene rings is 1. The van der Waals surface area contributed by atoms with Gasteiger partial charge in [0.1, 0.15) is 0 Å². The smallest absolute Gasteiger partial charge is 0.317 e. The second-order valence-corrected chi connectivity index (χ2v) is 8.36. The van der Waals surface area contributed by atoms with Crippen LogP contribution < -0.4 is 5.32 Å². The van der Waals surface area contributed by atoms with E-state index < -0.39 is 11.9 Å². The lowest BCUT2D eigenvalue weighted by molar-refractivity contribution is -0.140. The van der Waals surface area contributed by atoms with Crippen molar-refractivity contribution < 1.29 is 24.6 Å². The van der Waals surface area contributed by atoms with E-state index in [0.29, 0.717) is 57.5 Å². The number of nitrogens with one attached hydrogen (secondary N) is 1. The number of aryl methyl sites for hydroxylation is 1. The first-order valence-corrected chi connectivity index (χ1v) is 11.3. The summed E-state index contributed by atoms with van der Waals surface area (Å²) in [7, 11) is 0. The van der Waals surface area contributed by atoms with Gasteiger partial charge in [0.05, 0.1) is 19.6 Å². The number of hydrogen-bond donors (Lipinski definition) is 3. The summed E-state index contributed by atoms with van der Waals surface area (Å²) in [5.41, 5.74) is 1.67. The summed E-state index contributed by atoms with van der Waals surface area (Å²) in [6, 6.07) is 7.41. The van der Waals surface area contributed by atoms with Crippen LogP contribution in [-0.4, -0.2) is 122 Å². The summed E-state index contributed by atoms with van der Waals surface area (Å²) >= 11 is 0. The number of nitrogens with zero attached hydrogens (tertiary/aromatic N) is 7. The number of carbonyl (C=O) groups excluding carboxylic acids is 1. The van der Waals surface area contributed by atoms with Gasteiger partial charge in [-0.25, -0.2) is 0 Å². The highest BCUT2D eigenvalue weighted by Crippen LogP contribution is 2.14. The number of carboxylic acid groups (broad SMARTS) is 2. The molecule has 1 aliphatic rings. The van der Waals surface area contributed by atoms with E-state index in [1.807, 2.05) is 29.2 Å². The molecule has 1 fully saturated rings. The fourth-order valence-electron chi connectivity index (χ4n) is 3.67. The van der Waals surface area contributed by atoms with Gasteiger partial charge in [-0.15, -0.1) is 20.4 Å². The molecule has 0 aliphatic carbocycles. The van der Waals surface area contributed by atoms with Crippen LogP contribution in [0.15, 0.2) is 24.3 Å². The summed E-state index contributed by atoms with van der Waals surface area (Å²) in [6.07, 6.45) is 0. The molecule has 1 amide bonds. The second-order valence-electron chi connectivity index (χ2n) is 8.36. The molecule has 1 aromatic carbocycles. The van der Waals surface area contributed by atoms with Gasteiger partial charge < -0.3 is 15.5 Å². The Hall–Kier alpha value is -3.55. The SMILES string of the molecule is Cc1nnc(-c2ccc(CNC(=O)CN3CCN(CC(=O)O)CCN(CC(=O)O)CC3)cc2)nn1. The van der Waals surface area contributed by atoms with Crippen molar-refractivity contribution in [3.05, 3.63) is 35.7 Å². The molecule has 35 heavy (non-hydrogen) atoms. The van der Waals surface area contributed by atoms with Gasteiger partial charge in [-0.05, 0) is 12.5 Å². The van der Waals surface area contributed by atoms with Gasteiger partial charge in [0.25, 0.3) is 0 Å². The average molecular weight is 487 g/mol. The fourth-order valence-corrected chi connectivity index (χ4v) is 3.67. The Balaban J connectivity index is 1.53. The molecule has 2 heterocycles. The zero-order valence-electron chi connectivity index (χ0n) is 19.6. The van der Waals surface area contributed by atoms with Crippen molar-refractivity contribution in [2.45, 2.75) is 13.5 Å². The molecular weight excluding hydrogens is 456 g/mol. The second kappa shape index (κ2) is 12.8. The summed E-state index contributed by atoms with van der Waals surface area (Å²) < 4.78 is 0. The first kappa shape index (κ1) is 26.1. The number of aliphatic carboxylic acids is 2. The van der Waals surface area contributed by atoms with E-state index in [2.05, 4.69) is 25.7 Å². The molecule has 1 saturated heterocycles. The molecule has 2 aromatic rings. The molecule has 1 aromatic heterocycles. The van der Waals surface area contributed by atoms with Crippen LogP contribution in [0.2, 0.25) is 0 Å². The van der Waals surface area contributed by atoms with E-state index in [0.717, 1.165) is 11.1 Å². The summed E-state index contributed by atoms with van der Waals surface area (Å²) in [5, 5.41) is 37.0. The zero-order valence-corrected chi connectivity index (χ0v) is 19.6. The van der Waals surface area contributed by atoms with Crippen molar-refractivity contribution in [2.75, 3.05) is 58.9 Å². The average Bonchev–Trinajstić information content (AvgIpc) is 2.90. The Kier molecular flexibility index (Phi) is 9.52. The minimum Gasteiger partial charge on any atom is -0.480 e. The zero-order chi connectivity index (χ0) is 25.2. The molecule has 0 unspecified atom stereocenters. The number of carboxylic acids is 2. The van der Waals surface area contributed by atoms with Gasteiger partial charge in [0.15, 0.2) is 5.82 Å². The monoisotopic (exact) mass is 486 g/mol. The molecule has 1 aliphatic heterocycles. The Morgan fingerprint density at radius 2 is 1.23 bits per heavy atom. The van der Waals surface area contributed by atoms with E-state index in [4.69, 9.17) is 10.2 Å². The Bertz CT molecular complexity index is 974. The minimum atomic E-state index is -0.939. The fraction of sp³-hybridized carbons (Fsp3) is 0.500. The van der Waals surface area contributed by atoms with Crippen LogP contribution in [0.5, 0.6) is 0 Å². The first-order chi connectivity index (χ1) is 16.8. The first-order valence-electron chi connectivity index (χ1n) is 11.3. The number of rotatable bonds is 9. The van der Waals surface area contributed by atoms with Crippen LogP contribution in [0.1, 0.15) is 11.4 Å². The van der Waals surface area contributed by atoms with Crippen LogP contribution >= 0.6 is 0 Å². The van der Waals surface area contributed by atoms with Crippen molar-refractivity contribution in [1.29, 1.82) is 0 Å². The molecule has 0 atom stereocenters. The molecular formula is C22H30N8O5. The molecule has 0 bridgehead atoms. The molecule has 188 valence electrons. The largest absolute Gasteiger partial charge is 0.480 e. The van der Waals surface area contributed by atoms with Crippen molar-refractivity contribution in [1.82, 2.24) is 40.4 Å². The Labute approximate surface area is 202 Å². The quantitative estimate of drug-likeness (QED) is 0.394. The standard InChI is InChI=1S/C22H30N8O5/c1-16-24-26-22(27-25-16)18-4-2-17(3-5-18)12-23-19(31)13-28-6-8-29(14-20(32)33)10-11-30(9-7-28)15-21(34)35/h2-5H,6-15H2,1H3,(H,23,31)(H,32,33)(H,34,35). The lowest BCUT2D eigenvalue weighted by atomic mass is 10.1. The molecule has 0 radical (unpaired) electrons. The van der Waals surface area contributed by atoms with Crippen LogP contribution in [0.4, 0.5) is 0 Å². The third-order valence-corrected chi connectivity index (χ3v) is 5.56. The molecule has 0 spiro atoms. The van der Waals surface area contributed by atoms with Crippen LogP contribution in [-0.2, 0) is 20.9 Å². The number of hydrogen-bond acceptors (Lipinski definition) is 10. The minimum absolute atomic E-state index is 0.128.